The summed E-state index contributed by atoms with van der Waals surface area (Å²) >= 11 is 3.06. The number of allylic oxidation sites excluding steroid dienone is 1. The zero-order valence-corrected chi connectivity index (χ0v) is 17.4. The maximum absolute atomic E-state index is 12.9. The van der Waals surface area contributed by atoms with E-state index in [0.717, 1.165) is 15.7 Å². The molecule has 27 heavy (non-hydrogen) atoms. The number of hydrogen-bond acceptors (Lipinski definition) is 7. The van der Waals surface area contributed by atoms with Gasteiger partial charge in [0.15, 0.2) is 5.17 Å². The second-order valence-electron chi connectivity index (χ2n) is 6.49. The smallest absolute Gasteiger partial charge is 0.338 e. The van der Waals surface area contributed by atoms with E-state index in [1.807, 2.05) is 55.5 Å². The van der Waals surface area contributed by atoms with Crippen LogP contribution < -0.4 is 5.32 Å². The summed E-state index contributed by atoms with van der Waals surface area (Å²) < 4.78 is 5.50. The van der Waals surface area contributed by atoms with E-state index in [9.17, 15) is 9.59 Å². The second-order valence-corrected chi connectivity index (χ2v) is 8.31. The Hall–Kier alpha value is -2.06. The van der Waals surface area contributed by atoms with Crippen molar-refractivity contribution in [1.82, 2.24) is 10.2 Å². The van der Waals surface area contributed by atoms with Gasteiger partial charge in [0.25, 0.3) is 0 Å². The highest BCUT2D eigenvalue weighted by atomic mass is 32.2. The van der Waals surface area contributed by atoms with E-state index in [2.05, 4.69) is 10.3 Å². The van der Waals surface area contributed by atoms with Crippen LogP contribution in [0.1, 0.15) is 45.0 Å². The summed E-state index contributed by atoms with van der Waals surface area (Å²) in [6, 6.07) is 3.63. The average Bonchev–Trinajstić information content (AvgIpc) is 3.23. The van der Waals surface area contributed by atoms with Crippen LogP contribution in [0.5, 0.6) is 0 Å². The van der Waals surface area contributed by atoms with Gasteiger partial charge in [0.05, 0.1) is 23.8 Å². The summed E-state index contributed by atoms with van der Waals surface area (Å²) in [6.07, 6.45) is 0.0262. The summed E-state index contributed by atoms with van der Waals surface area (Å²) in [7, 11) is 0. The number of nitrogens with zero attached hydrogens (tertiary/aromatic N) is 2. The third kappa shape index (κ3) is 4.11. The lowest BCUT2D eigenvalue weighted by Crippen LogP contribution is -2.38. The van der Waals surface area contributed by atoms with E-state index in [1.54, 1.807) is 11.3 Å². The molecule has 1 amide bonds. The van der Waals surface area contributed by atoms with Gasteiger partial charge in [0.1, 0.15) is 6.04 Å². The fourth-order valence-electron chi connectivity index (χ4n) is 3.05. The summed E-state index contributed by atoms with van der Waals surface area (Å²) in [5.41, 5.74) is 2.02. The maximum Gasteiger partial charge on any atom is 0.338 e. The third-order valence-corrected chi connectivity index (χ3v) is 5.91. The minimum Gasteiger partial charge on any atom is -0.459 e. The van der Waals surface area contributed by atoms with Gasteiger partial charge in [-0.05, 0) is 44.5 Å². The number of thioether (sulfide) groups is 1. The lowest BCUT2D eigenvalue weighted by molar-refractivity contribution is -0.143. The van der Waals surface area contributed by atoms with Gasteiger partial charge < -0.3 is 15.0 Å². The van der Waals surface area contributed by atoms with Gasteiger partial charge in [-0.15, -0.1) is 11.3 Å². The molecule has 2 aliphatic rings. The fourth-order valence-corrected chi connectivity index (χ4v) is 4.84. The first kappa shape index (κ1) is 19.7. The number of amides is 1. The molecule has 3 rings (SSSR count). The van der Waals surface area contributed by atoms with E-state index in [-0.39, 0.29) is 30.4 Å². The Labute approximate surface area is 167 Å². The molecule has 0 fully saturated rings. The Bertz CT molecular complexity index is 825. The molecule has 2 aliphatic heterocycles. The van der Waals surface area contributed by atoms with Crippen molar-refractivity contribution in [1.29, 1.82) is 0 Å². The molecule has 3 heterocycles. The lowest BCUT2D eigenvalue weighted by Gasteiger charge is -2.35. The highest BCUT2D eigenvalue weighted by Crippen LogP contribution is 2.45. The van der Waals surface area contributed by atoms with E-state index < -0.39 is 0 Å². The Morgan fingerprint density at radius 3 is 2.81 bits per heavy atom. The molecule has 6 nitrogen and oxygen atoms in total. The van der Waals surface area contributed by atoms with Crippen LogP contribution >= 0.6 is 23.1 Å². The number of fused-ring (bicyclic) bond motifs is 1. The number of esters is 1. The van der Waals surface area contributed by atoms with Crippen LogP contribution in [0.25, 0.3) is 0 Å². The molecular weight excluding hydrogens is 382 g/mol. The first-order chi connectivity index (χ1) is 12.9. The molecule has 0 bridgehead atoms. The fraction of sp³-hybridized carbons (Fsp3) is 0.421. The van der Waals surface area contributed by atoms with Crippen molar-refractivity contribution in [2.24, 2.45) is 4.99 Å². The molecule has 0 saturated carbocycles. The molecule has 0 aliphatic carbocycles. The molecule has 0 aromatic carbocycles. The summed E-state index contributed by atoms with van der Waals surface area (Å²) in [6.45, 7) is 7.98. The van der Waals surface area contributed by atoms with Crippen LogP contribution in [0.15, 0.2) is 44.9 Å². The topological polar surface area (TPSA) is 71.0 Å². The Kier molecular flexibility index (Phi) is 6.06. The predicted molar refractivity (Wildman–Crippen MR) is 109 cm³/mol. The number of rotatable bonds is 6. The van der Waals surface area contributed by atoms with Crippen LogP contribution in [0.3, 0.4) is 0 Å². The first-order valence-corrected chi connectivity index (χ1v) is 10.6. The van der Waals surface area contributed by atoms with Crippen LogP contribution in [0, 0.1) is 0 Å². The van der Waals surface area contributed by atoms with Crippen molar-refractivity contribution >= 4 is 40.1 Å². The van der Waals surface area contributed by atoms with E-state index in [0.29, 0.717) is 17.8 Å². The van der Waals surface area contributed by atoms with Gasteiger partial charge in [-0.2, -0.15) is 0 Å². The van der Waals surface area contributed by atoms with Crippen LogP contribution in [-0.4, -0.2) is 34.6 Å². The molecule has 0 saturated heterocycles. The Balaban J connectivity index is 2.00. The largest absolute Gasteiger partial charge is 0.459 e. The molecule has 1 unspecified atom stereocenters. The van der Waals surface area contributed by atoms with Gasteiger partial charge in [0.2, 0.25) is 5.91 Å². The molecule has 1 atom stereocenters. The van der Waals surface area contributed by atoms with Crippen molar-refractivity contribution in [2.75, 3.05) is 6.54 Å². The number of nitrogens with one attached hydrogen (secondary N) is 1. The SMILES string of the molecule is CCNC(=O)CC1=CSC2=NC(C)=C(C(=O)OC(C)C)C(c3cccs3)N12. The highest BCUT2D eigenvalue weighted by molar-refractivity contribution is 8.16. The van der Waals surface area contributed by atoms with Crippen molar-refractivity contribution < 1.29 is 14.3 Å². The van der Waals surface area contributed by atoms with Crippen molar-refractivity contribution in [3.8, 4) is 0 Å². The minimum atomic E-state index is -0.363. The molecule has 1 aromatic heterocycles. The first-order valence-electron chi connectivity index (χ1n) is 8.87. The second kappa shape index (κ2) is 8.31. The van der Waals surface area contributed by atoms with Crippen LogP contribution in [0.4, 0.5) is 0 Å². The summed E-state index contributed by atoms with van der Waals surface area (Å²) in [5.74, 6) is -0.411. The normalized spacial score (nSPS) is 19.0. The molecule has 0 radical (unpaired) electrons. The van der Waals surface area contributed by atoms with Crippen LogP contribution in [0.2, 0.25) is 0 Å². The van der Waals surface area contributed by atoms with Crippen molar-refractivity contribution in [2.45, 2.75) is 46.3 Å². The van der Waals surface area contributed by atoms with E-state index in [1.165, 1.54) is 11.8 Å². The third-order valence-electron chi connectivity index (χ3n) is 4.09. The monoisotopic (exact) mass is 405 g/mol. The van der Waals surface area contributed by atoms with Gasteiger partial charge in [-0.25, -0.2) is 9.79 Å². The molecule has 1 N–H and O–H groups in total. The number of amidine groups is 1. The Morgan fingerprint density at radius 1 is 1.41 bits per heavy atom. The molecule has 0 spiro atoms. The Morgan fingerprint density at radius 2 is 2.19 bits per heavy atom. The molecule has 8 heteroatoms. The highest BCUT2D eigenvalue weighted by Gasteiger charge is 2.41. The molecule has 1 aromatic rings. The molecular formula is C19H23N3O3S2. The van der Waals surface area contributed by atoms with Crippen LogP contribution in [-0.2, 0) is 14.3 Å². The average molecular weight is 406 g/mol. The standard InChI is InChI=1S/C19H23N3O3S2/c1-5-20-15(23)9-13-10-27-19-21-12(4)16(18(24)25-11(2)3)17(22(13)19)14-7-6-8-26-14/h6-8,10-11,17H,5,9H2,1-4H3,(H,20,23). The van der Waals surface area contributed by atoms with Crippen molar-refractivity contribution in [3.05, 3.63) is 44.8 Å². The van der Waals surface area contributed by atoms with Gasteiger partial charge >= 0.3 is 5.97 Å². The minimum absolute atomic E-state index is 0.0480. The predicted octanol–water partition coefficient (Wildman–Crippen LogP) is 3.80. The van der Waals surface area contributed by atoms with Gasteiger partial charge in [-0.3, -0.25) is 4.79 Å². The summed E-state index contributed by atoms with van der Waals surface area (Å²) in [4.78, 5) is 32.7. The quantitative estimate of drug-likeness (QED) is 0.729. The molecule has 144 valence electrons. The number of thiophene rings is 1. The number of aliphatic imine (C=N–C) groups is 1. The summed E-state index contributed by atoms with van der Waals surface area (Å²) in [5, 5.41) is 7.54. The number of carbonyl (C=O) groups is 2. The van der Waals surface area contributed by atoms with Gasteiger partial charge in [0, 0.05) is 17.1 Å². The van der Waals surface area contributed by atoms with E-state index in [4.69, 9.17) is 4.74 Å². The maximum atomic E-state index is 12.9. The zero-order chi connectivity index (χ0) is 19.6. The number of hydrogen-bond donors (Lipinski definition) is 1. The lowest BCUT2D eigenvalue weighted by atomic mass is 9.99. The van der Waals surface area contributed by atoms with Crippen molar-refractivity contribution in [3.63, 3.8) is 0 Å². The van der Waals surface area contributed by atoms with E-state index >= 15 is 0 Å². The number of ether oxygens (including phenoxy) is 1. The zero-order valence-electron chi connectivity index (χ0n) is 15.8. The number of carbonyl (C=O) groups excluding carboxylic acids is 2. The van der Waals surface area contributed by atoms with Gasteiger partial charge in [-0.1, -0.05) is 17.8 Å².